The number of fused-ring (bicyclic) bond motifs is 9. The molecule has 3 aromatic heterocycles. The number of benzene rings is 8. The van der Waals surface area contributed by atoms with Gasteiger partial charge in [0.15, 0.2) is 0 Å². The zero-order valence-electron chi connectivity index (χ0n) is 27.9. The predicted octanol–water partition coefficient (Wildman–Crippen LogP) is 15.6. The van der Waals surface area contributed by atoms with E-state index < -0.39 is 0 Å². The van der Waals surface area contributed by atoms with Crippen molar-refractivity contribution < 1.29 is 0 Å². The SMILES string of the molecule is c1ccc(-c2cc(N(c3cccc4c3sc3ccccc34)c3cccc4c3sc3ccccc34)ccc2-c2cccc3c2sc2ccccc23)cc1. The van der Waals surface area contributed by atoms with Crippen LogP contribution in [0.3, 0.4) is 0 Å². The van der Waals surface area contributed by atoms with E-state index in [1.165, 1.54) is 94.1 Å². The van der Waals surface area contributed by atoms with Crippen LogP contribution in [0.25, 0.3) is 82.8 Å². The molecule has 0 amide bonds. The quantitative estimate of drug-likeness (QED) is 0.171. The van der Waals surface area contributed by atoms with E-state index in [2.05, 4.69) is 181 Å². The molecule has 0 fully saturated rings. The minimum Gasteiger partial charge on any atom is -0.308 e. The Hall–Kier alpha value is -5.78. The van der Waals surface area contributed by atoms with Gasteiger partial charge in [-0.05, 0) is 59.2 Å². The average molecular weight is 716 g/mol. The molecule has 52 heavy (non-hydrogen) atoms. The first-order chi connectivity index (χ1) is 25.8. The molecule has 0 spiro atoms. The van der Waals surface area contributed by atoms with Crippen molar-refractivity contribution in [2.45, 2.75) is 0 Å². The van der Waals surface area contributed by atoms with Crippen molar-refractivity contribution in [2.75, 3.05) is 4.90 Å². The molecule has 0 saturated carbocycles. The Labute approximate surface area is 312 Å². The van der Waals surface area contributed by atoms with Crippen LogP contribution in [-0.4, -0.2) is 0 Å². The van der Waals surface area contributed by atoms with Crippen LogP contribution < -0.4 is 4.90 Å². The highest BCUT2D eigenvalue weighted by Gasteiger charge is 2.23. The largest absolute Gasteiger partial charge is 0.308 e. The van der Waals surface area contributed by atoms with Gasteiger partial charge in [0, 0.05) is 62.4 Å². The summed E-state index contributed by atoms with van der Waals surface area (Å²) < 4.78 is 7.85. The van der Waals surface area contributed by atoms with E-state index in [4.69, 9.17) is 0 Å². The summed E-state index contributed by atoms with van der Waals surface area (Å²) in [7, 11) is 0. The summed E-state index contributed by atoms with van der Waals surface area (Å²) in [6.07, 6.45) is 0. The van der Waals surface area contributed by atoms with E-state index in [-0.39, 0.29) is 0 Å². The normalized spacial score (nSPS) is 11.8. The number of hydrogen-bond donors (Lipinski definition) is 0. The maximum absolute atomic E-state index is 2.52. The summed E-state index contributed by atoms with van der Waals surface area (Å²) in [6, 6.07) is 64.8. The first-order valence-corrected chi connectivity index (χ1v) is 20.0. The van der Waals surface area contributed by atoms with Gasteiger partial charge in [-0.3, -0.25) is 0 Å². The van der Waals surface area contributed by atoms with E-state index >= 15 is 0 Å². The summed E-state index contributed by atoms with van der Waals surface area (Å²) >= 11 is 5.66. The smallest absolute Gasteiger partial charge is 0.0640 e. The summed E-state index contributed by atoms with van der Waals surface area (Å²) in [5.74, 6) is 0. The molecule has 0 aliphatic heterocycles. The second-order valence-corrected chi connectivity index (χ2v) is 16.4. The second-order valence-electron chi connectivity index (χ2n) is 13.2. The minimum atomic E-state index is 1.14. The lowest BCUT2D eigenvalue weighted by Gasteiger charge is -2.28. The van der Waals surface area contributed by atoms with E-state index in [1.54, 1.807) is 0 Å². The molecule has 4 heteroatoms. The molecule has 244 valence electrons. The van der Waals surface area contributed by atoms with E-state index in [1.807, 2.05) is 34.0 Å². The van der Waals surface area contributed by atoms with Crippen LogP contribution in [0.4, 0.5) is 17.1 Å². The summed E-state index contributed by atoms with van der Waals surface area (Å²) in [6.45, 7) is 0. The van der Waals surface area contributed by atoms with Crippen LogP contribution in [0.15, 0.2) is 176 Å². The van der Waals surface area contributed by atoms with E-state index in [0.717, 1.165) is 5.69 Å². The summed E-state index contributed by atoms with van der Waals surface area (Å²) in [5, 5.41) is 7.84. The number of thiophene rings is 3. The summed E-state index contributed by atoms with van der Waals surface area (Å²) in [4.78, 5) is 2.52. The highest BCUT2D eigenvalue weighted by atomic mass is 32.1. The van der Waals surface area contributed by atoms with Crippen molar-refractivity contribution in [1.82, 2.24) is 0 Å². The standard InChI is InChI=1S/C48H29NS3/c1-2-13-30(14-3-1)40-29-31(27-28-32(40)36-18-10-19-37-33-15-4-7-24-43(33)50-46(36)37)49(41-22-11-20-38-34-16-5-8-25-44(34)51-47(38)41)42-23-12-21-39-35-17-6-9-26-45(35)52-48(39)42/h1-29H. The molecule has 0 atom stereocenters. The molecule has 3 heterocycles. The molecular formula is C48H29NS3. The van der Waals surface area contributed by atoms with Gasteiger partial charge in [-0.25, -0.2) is 0 Å². The Bertz CT molecular complexity index is 3030. The van der Waals surface area contributed by atoms with Crippen LogP contribution in [0, 0.1) is 0 Å². The van der Waals surface area contributed by atoms with Gasteiger partial charge in [0.05, 0.1) is 20.8 Å². The molecule has 8 aromatic carbocycles. The lowest BCUT2D eigenvalue weighted by molar-refractivity contribution is 1.32. The van der Waals surface area contributed by atoms with Gasteiger partial charge in [-0.15, -0.1) is 34.0 Å². The zero-order valence-corrected chi connectivity index (χ0v) is 30.4. The fraction of sp³-hybridized carbons (Fsp3) is 0. The lowest BCUT2D eigenvalue weighted by Crippen LogP contribution is -2.10. The third-order valence-corrected chi connectivity index (χ3v) is 13.9. The van der Waals surface area contributed by atoms with Crippen LogP contribution in [-0.2, 0) is 0 Å². The maximum atomic E-state index is 2.52. The fourth-order valence-corrected chi connectivity index (χ4v) is 11.6. The third-order valence-electron chi connectivity index (χ3n) is 10.3. The molecule has 0 unspecified atom stereocenters. The van der Waals surface area contributed by atoms with Crippen LogP contribution in [0.2, 0.25) is 0 Å². The van der Waals surface area contributed by atoms with Crippen molar-refractivity contribution in [2.24, 2.45) is 0 Å². The van der Waals surface area contributed by atoms with Crippen molar-refractivity contribution in [3.05, 3.63) is 176 Å². The summed E-state index contributed by atoms with van der Waals surface area (Å²) in [5.41, 5.74) is 8.48. The molecular weight excluding hydrogens is 687 g/mol. The van der Waals surface area contributed by atoms with Gasteiger partial charge >= 0.3 is 0 Å². The van der Waals surface area contributed by atoms with Crippen molar-refractivity contribution in [1.29, 1.82) is 0 Å². The topological polar surface area (TPSA) is 3.24 Å². The maximum Gasteiger partial charge on any atom is 0.0640 e. The predicted molar refractivity (Wildman–Crippen MR) is 231 cm³/mol. The first-order valence-electron chi connectivity index (χ1n) is 17.5. The molecule has 11 aromatic rings. The Morgan fingerprint density at radius 2 is 0.769 bits per heavy atom. The monoisotopic (exact) mass is 715 g/mol. The Morgan fingerprint density at radius 1 is 0.308 bits per heavy atom. The lowest BCUT2D eigenvalue weighted by atomic mass is 9.92. The van der Waals surface area contributed by atoms with E-state index in [9.17, 15) is 0 Å². The molecule has 0 saturated heterocycles. The van der Waals surface area contributed by atoms with Gasteiger partial charge in [0.1, 0.15) is 0 Å². The average Bonchev–Trinajstić information content (AvgIpc) is 3.91. The number of rotatable bonds is 5. The highest BCUT2D eigenvalue weighted by Crippen LogP contribution is 2.50. The molecule has 0 N–H and O–H groups in total. The van der Waals surface area contributed by atoms with Crippen molar-refractivity contribution in [3.8, 4) is 22.3 Å². The first kappa shape index (κ1) is 29.9. The van der Waals surface area contributed by atoms with Crippen LogP contribution >= 0.6 is 34.0 Å². The van der Waals surface area contributed by atoms with Gasteiger partial charge in [-0.2, -0.15) is 0 Å². The molecule has 0 aliphatic carbocycles. The minimum absolute atomic E-state index is 1.14. The molecule has 1 nitrogen and oxygen atoms in total. The molecule has 0 bridgehead atoms. The van der Waals surface area contributed by atoms with Crippen molar-refractivity contribution >= 4 is 112 Å². The van der Waals surface area contributed by atoms with Gasteiger partial charge in [0.2, 0.25) is 0 Å². The van der Waals surface area contributed by atoms with Crippen LogP contribution in [0.5, 0.6) is 0 Å². The highest BCUT2D eigenvalue weighted by molar-refractivity contribution is 7.27. The second kappa shape index (κ2) is 11.9. The third kappa shape index (κ3) is 4.59. The van der Waals surface area contributed by atoms with E-state index in [0.29, 0.717) is 0 Å². The molecule has 11 rings (SSSR count). The van der Waals surface area contributed by atoms with Gasteiger partial charge in [0.25, 0.3) is 0 Å². The van der Waals surface area contributed by atoms with Crippen LogP contribution in [0.1, 0.15) is 0 Å². The van der Waals surface area contributed by atoms with Gasteiger partial charge < -0.3 is 4.90 Å². The number of anilines is 3. The Morgan fingerprint density at radius 3 is 1.35 bits per heavy atom. The van der Waals surface area contributed by atoms with Crippen molar-refractivity contribution in [3.63, 3.8) is 0 Å². The zero-order chi connectivity index (χ0) is 34.2. The fourth-order valence-electron chi connectivity index (χ4n) is 7.95. The number of nitrogens with zero attached hydrogens (tertiary/aromatic N) is 1. The number of hydrogen-bond acceptors (Lipinski definition) is 4. The van der Waals surface area contributed by atoms with Gasteiger partial charge in [-0.1, -0.05) is 133 Å². The Kier molecular flexibility index (Phi) is 6.84. The molecule has 0 radical (unpaired) electrons. The Balaban J connectivity index is 1.21. The molecule has 0 aliphatic rings.